The van der Waals surface area contributed by atoms with E-state index in [-0.39, 0.29) is 0 Å². The van der Waals surface area contributed by atoms with E-state index in [1.165, 1.54) is 6.20 Å². The van der Waals surface area contributed by atoms with Crippen molar-refractivity contribution in [3.05, 3.63) is 53.6 Å². The Morgan fingerprint density at radius 1 is 1.20 bits per heavy atom. The van der Waals surface area contributed by atoms with Crippen LogP contribution in [0.4, 0.5) is 4.39 Å². The van der Waals surface area contributed by atoms with Gasteiger partial charge in [-0.15, -0.1) is 0 Å². The fraction of sp³-hybridized carbons (Fsp3) is 0.214. The molecule has 1 atom stereocenters. The molecule has 0 amide bonds. The molecule has 1 unspecified atom stereocenters. The molecule has 0 saturated carbocycles. The van der Waals surface area contributed by atoms with Crippen LogP contribution in [0, 0.1) is 5.82 Å². The zero-order valence-corrected chi connectivity index (χ0v) is 11.3. The van der Waals surface area contributed by atoms with Gasteiger partial charge in [-0.1, -0.05) is 0 Å². The summed E-state index contributed by atoms with van der Waals surface area (Å²) in [6.45, 7) is 0. The molecule has 106 valence electrons. The summed E-state index contributed by atoms with van der Waals surface area (Å²) >= 11 is 0. The van der Waals surface area contributed by atoms with Crippen LogP contribution in [-0.2, 0) is 0 Å². The number of rotatable bonds is 5. The van der Waals surface area contributed by atoms with Gasteiger partial charge in [0.2, 0.25) is 0 Å². The highest BCUT2D eigenvalue weighted by molar-refractivity contribution is 5.46. The number of benzene rings is 1. The van der Waals surface area contributed by atoms with E-state index in [9.17, 15) is 4.39 Å². The van der Waals surface area contributed by atoms with Crippen LogP contribution < -0.4 is 20.7 Å². The molecular weight excluding hydrogens is 261 g/mol. The Balaban J connectivity index is 2.54. The quantitative estimate of drug-likeness (QED) is 0.644. The maximum Gasteiger partial charge on any atom is 0.146 e. The first-order valence-electron chi connectivity index (χ1n) is 5.98. The molecule has 0 spiro atoms. The first-order chi connectivity index (χ1) is 9.71. The SMILES string of the molecule is COc1ccc(OC)c(C(NN)c2ccncc2F)c1. The summed E-state index contributed by atoms with van der Waals surface area (Å²) in [6.07, 6.45) is 2.65. The van der Waals surface area contributed by atoms with Crippen LogP contribution in [0.15, 0.2) is 36.7 Å². The predicted octanol–water partition coefficient (Wildman–Crippen LogP) is 1.79. The fourth-order valence-corrected chi connectivity index (χ4v) is 2.03. The molecule has 6 heteroatoms. The number of hydrazine groups is 1. The van der Waals surface area contributed by atoms with Crippen molar-refractivity contribution in [1.82, 2.24) is 10.4 Å². The molecule has 0 radical (unpaired) electrons. The van der Waals surface area contributed by atoms with Crippen molar-refractivity contribution in [2.75, 3.05) is 14.2 Å². The molecule has 3 N–H and O–H groups in total. The molecular formula is C14H16FN3O2. The first-order valence-corrected chi connectivity index (χ1v) is 5.98. The van der Waals surface area contributed by atoms with E-state index in [0.717, 1.165) is 6.20 Å². The minimum Gasteiger partial charge on any atom is -0.497 e. The van der Waals surface area contributed by atoms with Crippen molar-refractivity contribution < 1.29 is 13.9 Å². The van der Waals surface area contributed by atoms with Gasteiger partial charge in [0, 0.05) is 17.3 Å². The first kappa shape index (κ1) is 14.2. The van der Waals surface area contributed by atoms with Gasteiger partial charge in [0.15, 0.2) is 0 Å². The molecule has 0 bridgehead atoms. The Morgan fingerprint density at radius 2 is 2.00 bits per heavy atom. The Bertz CT molecular complexity index is 592. The van der Waals surface area contributed by atoms with Crippen LogP contribution in [0.25, 0.3) is 0 Å². The lowest BCUT2D eigenvalue weighted by Crippen LogP contribution is -2.30. The lowest BCUT2D eigenvalue weighted by Gasteiger charge is -2.20. The van der Waals surface area contributed by atoms with E-state index in [0.29, 0.717) is 22.6 Å². The maximum absolute atomic E-state index is 13.9. The van der Waals surface area contributed by atoms with Gasteiger partial charge in [-0.3, -0.25) is 10.8 Å². The van der Waals surface area contributed by atoms with Crippen LogP contribution in [0.5, 0.6) is 11.5 Å². The molecule has 20 heavy (non-hydrogen) atoms. The predicted molar refractivity (Wildman–Crippen MR) is 72.9 cm³/mol. The zero-order valence-electron chi connectivity index (χ0n) is 11.3. The summed E-state index contributed by atoms with van der Waals surface area (Å²) < 4.78 is 24.4. The number of nitrogens with one attached hydrogen (secondary N) is 1. The van der Waals surface area contributed by atoms with Gasteiger partial charge in [-0.2, -0.15) is 0 Å². The Kier molecular flexibility index (Phi) is 4.49. The standard InChI is InChI=1S/C14H16FN3O2/c1-19-9-3-4-13(20-2)11(7-9)14(18-16)10-5-6-17-8-12(10)15/h3-8,14,18H,16H2,1-2H3. The van der Waals surface area contributed by atoms with Gasteiger partial charge in [0.1, 0.15) is 17.3 Å². The average molecular weight is 277 g/mol. The molecule has 1 heterocycles. The third kappa shape index (κ3) is 2.71. The van der Waals surface area contributed by atoms with Gasteiger partial charge in [-0.25, -0.2) is 9.82 Å². The Labute approximate surface area is 116 Å². The molecule has 2 aromatic rings. The van der Waals surface area contributed by atoms with Gasteiger partial charge < -0.3 is 9.47 Å². The summed E-state index contributed by atoms with van der Waals surface area (Å²) in [4.78, 5) is 3.73. The van der Waals surface area contributed by atoms with E-state index in [1.54, 1.807) is 38.5 Å². The maximum atomic E-state index is 13.9. The third-order valence-corrected chi connectivity index (χ3v) is 3.03. The number of hydrogen-bond donors (Lipinski definition) is 2. The molecule has 0 aliphatic carbocycles. The van der Waals surface area contributed by atoms with Crippen molar-refractivity contribution in [1.29, 1.82) is 0 Å². The molecule has 2 rings (SSSR count). The minimum absolute atomic E-state index is 0.383. The molecule has 5 nitrogen and oxygen atoms in total. The monoisotopic (exact) mass is 277 g/mol. The number of nitrogens with two attached hydrogens (primary N) is 1. The second-order valence-electron chi connectivity index (χ2n) is 4.10. The highest BCUT2D eigenvalue weighted by Crippen LogP contribution is 2.33. The van der Waals surface area contributed by atoms with Crippen LogP contribution in [0.1, 0.15) is 17.2 Å². The van der Waals surface area contributed by atoms with Crippen LogP contribution in [0.3, 0.4) is 0 Å². The van der Waals surface area contributed by atoms with E-state index in [2.05, 4.69) is 10.4 Å². The summed E-state index contributed by atoms with van der Waals surface area (Å²) in [5.74, 6) is 6.37. The number of hydrogen-bond acceptors (Lipinski definition) is 5. The largest absolute Gasteiger partial charge is 0.497 e. The minimum atomic E-state index is -0.567. The van der Waals surface area contributed by atoms with E-state index >= 15 is 0 Å². The Morgan fingerprint density at radius 3 is 2.60 bits per heavy atom. The number of nitrogens with zero attached hydrogens (tertiary/aromatic N) is 1. The second kappa shape index (κ2) is 6.31. The zero-order chi connectivity index (χ0) is 14.5. The molecule has 0 aliphatic heterocycles. The number of halogens is 1. The van der Waals surface area contributed by atoms with Crippen molar-refractivity contribution >= 4 is 0 Å². The fourth-order valence-electron chi connectivity index (χ4n) is 2.03. The summed E-state index contributed by atoms with van der Waals surface area (Å²) in [6, 6.07) is 6.27. The third-order valence-electron chi connectivity index (χ3n) is 3.03. The van der Waals surface area contributed by atoms with E-state index < -0.39 is 11.9 Å². The van der Waals surface area contributed by atoms with E-state index in [4.69, 9.17) is 15.3 Å². The van der Waals surface area contributed by atoms with Gasteiger partial charge in [-0.05, 0) is 24.3 Å². The number of ether oxygens (including phenoxy) is 2. The number of pyridine rings is 1. The van der Waals surface area contributed by atoms with Gasteiger partial charge in [0.05, 0.1) is 26.5 Å². The second-order valence-corrected chi connectivity index (χ2v) is 4.10. The van der Waals surface area contributed by atoms with Crippen LogP contribution in [-0.4, -0.2) is 19.2 Å². The van der Waals surface area contributed by atoms with Crippen LogP contribution in [0.2, 0.25) is 0 Å². The lowest BCUT2D eigenvalue weighted by molar-refractivity contribution is 0.393. The number of methoxy groups -OCH3 is 2. The van der Waals surface area contributed by atoms with Gasteiger partial charge in [0.25, 0.3) is 0 Å². The molecule has 0 fully saturated rings. The molecule has 0 aliphatic rings. The Hall–Kier alpha value is -2.18. The van der Waals surface area contributed by atoms with Crippen molar-refractivity contribution in [3.63, 3.8) is 0 Å². The molecule has 1 aromatic carbocycles. The highest BCUT2D eigenvalue weighted by Gasteiger charge is 2.21. The molecule has 0 saturated heterocycles. The van der Waals surface area contributed by atoms with E-state index in [1.807, 2.05) is 0 Å². The van der Waals surface area contributed by atoms with Crippen molar-refractivity contribution in [3.8, 4) is 11.5 Å². The van der Waals surface area contributed by atoms with Crippen molar-refractivity contribution in [2.24, 2.45) is 5.84 Å². The average Bonchev–Trinajstić information content (AvgIpc) is 2.49. The normalized spacial score (nSPS) is 12.0. The number of aromatic nitrogens is 1. The van der Waals surface area contributed by atoms with Crippen molar-refractivity contribution in [2.45, 2.75) is 6.04 Å². The highest BCUT2D eigenvalue weighted by atomic mass is 19.1. The lowest BCUT2D eigenvalue weighted by atomic mass is 9.98. The summed E-state index contributed by atoms with van der Waals surface area (Å²) in [5, 5.41) is 0. The van der Waals surface area contributed by atoms with Gasteiger partial charge >= 0.3 is 0 Å². The van der Waals surface area contributed by atoms with Crippen LogP contribution >= 0.6 is 0 Å². The summed E-state index contributed by atoms with van der Waals surface area (Å²) in [5.41, 5.74) is 3.66. The molecule has 1 aromatic heterocycles. The summed E-state index contributed by atoms with van der Waals surface area (Å²) in [7, 11) is 3.10. The topological polar surface area (TPSA) is 69.4 Å². The smallest absolute Gasteiger partial charge is 0.146 e.